The summed E-state index contributed by atoms with van der Waals surface area (Å²) in [5.41, 5.74) is 1.21. The van der Waals surface area contributed by atoms with Crippen LogP contribution in [0.1, 0.15) is 53.9 Å². The number of carboxylic acids is 1. The molecule has 6 nitrogen and oxygen atoms in total. The molecular weight excluding hydrogens is 260 g/mol. The first kappa shape index (κ1) is 13.1. The largest absolute Gasteiger partial charge is 0.480 e. The zero-order valence-electron chi connectivity index (χ0n) is 11.3. The smallest absolute Gasteiger partial charge is 0.326 e. The van der Waals surface area contributed by atoms with E-state index in [0.29, 0.717) is 18.7 Å². The molecule has 0 unspecified atom stereocenters. The molecule has 2 heterocycles. The van der Waals surface area contributed by atoms with Gasteiger partial charge in [-0.3, -0.25) is 4.79 Å². The van der Waals surface area contributed by atoms with Crippen LogP contribution in [0.5, 0.6) is 0 Å². The molecule has 0 radical (unpaired) electrons. The molecule has 1 aromatic rings. The van der Waals surface area contributed by atoms with Gasteiger partial charge in [0, 0.05) is 18.5 Å². The van der Waals surface area contributed by atoms with Crippen molar-refractivity contribution >= 4 is 11.9 Å². The molecule has 2 aliphatic rings. The second-order valence-corrected chi connectivity index (χ2v) is 5.49. The molecule has 1 N–H and O–H groups in total. The van der Waals surface area contributed by atoms with E-state index in [9.17, 15) is 14.7 Å². The van der Waals surface area contributed by atoms with E-state index < -0.39 is 12.0 Å². The van der Waals surface area contributed by atoms with Crippen molar-refractivity contribution in [3.8, 4) is 0 Å². The van der Waals surface area contributed by atoms with Crippen LogP contribution in [0.25, 0.3) is 0 Å². The van der Waals surface area contributed by atoms with E-state index in [0.717, 1.165) is 49.8 Å². The minimum Gasteiger partial charge on any atom is -0.480 e. The van der Waals surface area contributed by atoms with Gasteiger partial charge in [0.05, 0.1) is 0 Å². The van der Waals surface area contributed by atoms with Crippen LogP contribution in [0.3, 0.4) is 0 Å². The third-order valence-corrected chi connectivity index (χ3v) is 4.20. The predicted molar refractivity (Wildman–Crippen MR) is 69.5 cm³/mol. The lowest BCUT2D eigenvalue weighted by Crippen LogP contribution is -2.48. The Kier molecular flexibility index (Phi) is 3.46. The molecule has 108 valence electrons. The molecule has 1 saturated heterocycles. The van der Waals surface area contributed by atoms with Gasteiger partial charge in [0.15, 0.2) is 5.69 Å². The number of piperidine rings is 1. The van der Waals surface area contributed by atoms with Gasteiger partial charge in [-0.1, -0.05) is 5.16 Å². The Morgan fingerprint density at radius 2 is 2.00 bits per heavy atom. The molecule has 0 saturated carbocycles. The Labute approximate surface area is 116 Å². The number of aromatic nitrogens is 1. The van der Waals surface area contributed by atoms with Crippen molar-refractivity contribution in [2.24, 2.45) is 0 Å². The van der Waals surface area contributed by atoms with Crippen molar-refractivity contribution in [3.63, 3.8) is 0 Å². The molecule has 1 fully saturated rings. The highest BCUT2D eigenvalue weighted by molar-refractivity contribution is 5.96. The lowest BCUT2D eigenvalue weighted by molar-refractivity contribution is -0.143. The number of hydrogen-bond donors (Lipinski definition) is 1. The summed E-state index contributed by atoms with van der Waals surface area (Å²) < 4.78 is 5.25. The molecule has 6 heteroatoms. The molecule has 3 rings (SSSR count). The number of rotatable bonds is 2. The van der Waals surface area contributed by atoms with Crippen LogP contribution >= 0.6 is 0 Å². The lowest BCUT2D eigenvalue weighted by atomic mass is 9.95. The second kappa shape index (κ2) is 5.26. The van der Waals surface area contributed by atoms with Gasteiger partial charge in [0.1, 0.15) is 11.8 Å². The standard InChI is InChI=1S/C14H18N2O4/c17-13(16-8-4-3-6-10(16)14(18)19)12-9-5-1-2-7-11(9)20-15-12/h10H,1-8H2,(H,18,19)/t10-/m1/s1. The average Bonchev–Trinajstić information content (AvgIpc) is 2.90. The Morgan fingerprint density at radius 3 is 2.80 bits per heavy atom. The van der Waals surface area contributed by atoms with Gasteiger partial charge in [0.2, 0.25) is 0 Å². The SMILES string of the molecule is O=C(O)[C@H]1CCCCN1C(=O)c1noc2c1CCCC2. The summed E-state index contributed by atoms with van der Waals surface area (Å²) in [5.74, 6) is -0.428. The van der Waals surface area contributed by atoms with Crippen LogP contribution in [0.15, 0.2) is 4.52 Å². The zero-order chi connectivity index (χ0) is 14.1. The van der Waals surface area contributed by atoms with Crippen LogP contribution in [0.2, 0.25) is 0 Å². The molecule has 20 heavy (non-hydrogen) atoms. The monoisotopic (exact) mass is 278 g/mol. The topological polar surface area (TPSA) is 83.6 Å². The summed E-state index contributed by atoms with van der Waals surface area (Å²) >= 11 is 0. The summed E-state index contributed by atoms with van der Waals surface area (Å²) in [7, 11) is 0. The third-order valence-electron chi connectivity index (χ3n) is 4.20. The number of aryl methyl sites for hydroxylation is 1. The molecule has 0 aromatic carbocycles. The third kappa shape index (κ3) is 2.19. The van der Waals surface area contributed by atoms with Crippen molar-refractivity contribution < 1.29 is 19.2 Å². The Bertz CT molecular complexity index is 537. The van der Waals surface area contributed by atoms with Gasteiger partial charge in [-0.05, 0) is 38.5 Å². The van der Waals surface area contributed by atoms with E-state index in [4.69, 9.17) is 4.52 Å². The Balaban J connectivity index is 1.87. The van der Waals surface area contributed by atoms with Crippen LogP contribution in [-0.4, -0.2) is 39.6 Å². The minimum absolute atomic E-state index is 0.288. The second-order valence-electron chi connectivity index (χ2n) is 5.49. The predicted octanol–water partition coefficient (Wildman–Crippen LogP) is 1.63. The van der Waals surface area contributed by atoms with Crippen molar-refractivity contribution in [3.05, 3.63) is 17.0 Å². The number of amides is 1. The molecule has 1 aliphatic heterocycles. The van der Waals surface area contributed by atoms with Crippen molar-refractivity contribution in [1.82, 2.24) is 10.1 Å². The fourth-order valence-electron chi connectivity index (χ4n) is 3.12. The molecule has 1 aromatic heterocycles. The first-order valence-corrected chi connectivity index (χ1v) is 7.19. The van der Waals surface area contributed by atoms with Crippen molar-refractivity contribution in [2.45, 2.75) is 51.0 Å². The normalized spacial score (nSPS) is 22.4. The number of carbonyl (C=O) groups is 2. The van der Waals surface area contributed by atoms with Crippen LogP contribution in [-0.2, 0) is 17.6 Å². The first-order chi connectivity index (χ1) is 9.68. The van der Waals surface area contributed by atoms with Gasteiger partial charge in [-0.15, -0.1) is 0 Å². The molecule has 1 aliphatic carbocycles. The number of fused-ring (bicyclic) bond motifs is 1. The van der Waals surface area contributed by atoms with E-state index >= 15 is 0 Å². The maximum absolute atomic E-state index is 12.6. The molecule has 1 atom stereocenters. The number of nitrogens with zero attached hydrogens (tertiary/aromatic N) is 2. The van der Waals surface area contributed by atoms with E-state index in [1.807, 2.05) is 0 Å². The fourth-order valence-corrected chi connectivity index (χ4v) is 3.12. The first-order valence-electron chi connectivity index (χ1n) is 7.19. The Hall–Kier alpha value is -1.85. The molecule has 1 amide bonds. The minimum atomic E-state index is -0.935. The van der Waals surface area contributed by atoms with Gasteiger partial charge >= 0.3 is 5.97 Å². The summed E-state index contributed by atoms with van der Waals surface area (Å²) in [6.07, 6.45) is 5.89. The maximum atomic E-state index is 12.6. The van der Waals surface area contributed by atoms with E-state index in [-0.39, 0.29) is 5.91 Å². The highest BCUT2D eigenvalue weighted by atomic mass is 16.5. The highest BCUT2D eigenvalue weighted by Crippen LogP contribution is 2.27. The molecular formula is C14H18N2O4. The molecule has 0 spiro atoms. The molecule has 0 bridgehead atoms. The van der Waals surface area contributed by atoms with Gasteiger partial charge < -0.3 is 14.5 Å². The summed E-state index contributed by atoms with van der Waals surface area (Å²) in [5, 5.41) is 13.2. The van der Waals surface area contributed by atoms with E-state index in [1.54, 1.807) is 0 Å². The Morgan fingerprint density at radius 1 is 1.20 bits per heavy atom. The number of aliphatic carboxylic acids is 1. The lowest BCUT2D eigenvalue weighted by Gasteiger charge is -2.32. The number of likely N-dealkylation sites (tertiary alicyclic amines) is 1. The summed E-state index contributed by atoms with van der Waals surface area (Å²) in [6, 6.07) is -0.729. The van der Waals surface area contributed by atoms with Crippen LogP contribution in [0, 0.1) is 0 Å². The quantitative estimate of drug-likeness (QED) is 0.889. The van der Waals surface area contributed by atoms with Gasteiger partial charge in [0.25, 0.3) is 5.91 Å². The summed E-state index contributed by atoms with van der Waals surface area (Å²) in [4.78, 5) is 25.3. The van der Waals surface area contributed by atoms with Crippen LogP contribution in [0.4, 0.5) is 0 Å². The fraction of sp³-hybridized carbons (Fsp3) is 0.643. The number of carbonyl (C=O) groups excluding carboxylic acids is 1. The number of hydrogen-bond acceptors (Lipinski definition) is 4. The van der Waals surface area contributed by atoms with Crippen molar-refractivity contribution in [2.75, 3.05) is 6.54 Å². The van der Waals surface area contributed by atoms with Crippen molar-refractivity contribution in [1.29, 1.82) is 0 Å². The number of carboxylic acid groups (broad SMARTS) is 1. The van der Waals surface area contributed by atoms with E-state index in [2.05, 4.69) is 5.16 Å². The van der Waals surface area contributed by atoms with E-state index in [1.165, 1.54) is 4.90 Å². The zero-order valence-corrected chi connectivity index (χ0v) is 11.3. The summed E-state index contributed by atoms with van der Waals surface area (Å²) in [6.45, 7) is 0.484. The average molecular weight is 278 g/mol. The highest BCUT2D eigenvalue weighted by Gasteiger charge is 2.35. The van der Waals surface area contributed by atoms with Gasteiger partial charge in [-0.2, -0.15) is 0 Å². The maximum Gasteiger partial charge on any atom is 0.326 e. The van der Waals surface area contributed by atoms with Gasteiger partial charge in [-0.25, -0.2) is 4.79 Å². The van der Waals surface area contributed by atoms with Crippen LogP contribution < -0.4 is 0 Å².